The summed E-state index contributed by atoms with van der Waals surface area (Å²) in [6, 6.07) is 35.6. The van der Waals surface area contributed by atoms with E-state index in [2.05, 4.69) is 120 Å². The van der Waals surface area contributed by atoms with Gasteiger partial charge in [0.25, 0.3) is 0 Å². The van der Waals surface area contributed by atoms with E-state index in [9.17, 15) is 0 Å². The lowest BCUT2D eigenvalue weighted by molar-refractivity contribution is 0.531. The second-order valence-electron chi connectivity index (χ2n) is 9.25. The maximum absolute atomic E-state index is 6.62. The van der Waals surface area contributed by atoms with Crippen molar-refractivity contribution < 1.29 is 8.85 Å². The highest BCUT2D eigenvalue weighted by Crippen LogP contribution is 2.35. The maximum Gasteiger partial charge on any atom is 0.250 e. The Morgan fingerprint density at radius 2 is 0.771 bits per heavy atom. The summed E-state index contributed by atoms with van der Waals surface area (Å²) in [5.74, 6) is 2.04. The molecular formula is C30H43O2SSi2+. The lowest BCUT2D eigenvalue weighted by Crippen LogP contribution is -2.39. The zero-order valence-corrected chi connectivity index (χ0v) is 25.3. The Labute approximate surface area is 218 Å². The van der Waals surface area contributed by atoms with Crippen LogP contribution in [0.25, 0.3) is 0 Å². The van der Waals surface area contributed by atoms with Gasteiger partial charge in [0.15, 0.2) is 14.7 Å². The molecular weight excluding hydrogens is 481 g/mol. The Bertz CT molecular complexity index is 932. The quantitative estimate of drug-likeness (QED) is 0.164. The van der Waals surface area contributed by atoms with Gasteiger partial charge in [0.1, 0.15) is 11.5 Å². The predicted molar refractivity (Wildman–Crippen MR) is 157 cm³/mol. The molecule has 2 nitrogen and oxygen atoms in total. The van der Waals surface area contributed by atoms with Gasteiger partial charge < -0.3 is 8.85 Å². The van der Waals surface area contributed by atoms with Crippen LogP contribution in [-0.2, 0) is 10.9 Å². The molecule has 0 aromatic heterocycles. The zero-order chi connectivity index (χ0) is 25.3. The van der Waals surface area contributed by atoms with Gasteiger partial charge in [0, 0.05) is 0 Å². The first-order valence-corrected chi connectivity index (χ1v) is 19.6. The van der Waals surface area contributed by atoms with Crippen LogP contribution in [-0.4, -0.2) is 16.6 Å². The van der Waals surface area contributed by atoms with E-state index < -0.39 is 16.6 Å². The van der Waals surface area contributed by atoms with Gasteiger partial charge in [0.2, 0.25) is 16.6 Å². The maximum atomic E-state index is 6.62. The van der Waals surface area contributed by atoms with Crippen molar-refractivity contribution >= 4 is 27.5 Å². The summed E-state index contributed by atoms with van der Waals surface area (Å²) < 4.78 is 13.2. The third-order valence-corrected chi connectivity index (χ3v) is 18.9. The third kappa shape index (κ3) is 6.63. The van der Waals surface area contributed by atoms with E-state index in [1.54, 1.807) is 0 Å². The molecule has 0 bridgehead atoms. The molecule has 3 rings (SSSR count). The van der Waals surface area contributed by atoms with Crippen molar-refractivity contribution in [2.24, 2.45) is 0 Å². The van der Waals surface area contributed by atoms with E-state index in [-0.39, 0.29) is 10.9 Å². The summed E-state index contributed by atoms with van der Waals surface area (Å²) in [5.41, 5.74) is 0. The van der Waals surface area contributed by atoms with E-state index in [0.29, 0.717) is 0 Å². The number of hydrogen-bond acceptors (Lipinski definition) is 2. The molecule has 0 saturated heterocycles. The van der Waals surface area contributed by atoms with Gasteiger partial charge in [-0.05, 0) is 96.9 Å². The number of benzene rings is 3. The molecule has 0 aliphatic carbocycles. The normalized spacial score (nSPS) is 12.1. The summed E-state index contributed by atoms with van der Waals surface area (Å²) in [7, 11) is -3.53. The average Bonchev–Trinajstić information content (AvgIpc) is 2.93. The van der Waals surface area contributed by atoms with E-state index in [0.717, 1.165) is 47.8 Å². The minimum absolute atomic E-state index is 0.177. The lowest BCUT2D eigenvalue weighted by atomic mass is 10.3. The van der Waals surface area contributed by atoms with Gasteiger partial charge in [-0.2, -0.15) is 0 Å². The summed E-state index contributed by atoms with van der Waals surface area (Å²) >= 11 is 0. The van der Waals surface area contributed by atoms with E-state index in [1.807, 2.05) is 0 Å². The molecule has 0 radical (unpaired) electrons. The molecule has 0 saturated carbocycles. The summed E-state index contributed by atoms with van der Waals surface area (Å²) in [5, 5.41) is 0. The van der Waals surface area contributed by atoms with Gasteiger partial charge in [-0.3, -0.25) is 0 Å². The monoisotopic (exact) mass is 523 g/mol. The Hall–Kier alpha value is -1.96. The van der Waals surface area contributed by atoms with Crippen molar-refractivity contribution in [1.82, 2.24) is 0 Å². The largest absolute Gasteiger partial charge is 0.544 e. The predicted octanol–water partition coefficient (Wildman–Crippen LogP) is 9.55. The van der Waals surface area contributed by atoms with Gasteiger partial charge in [-0.25, -0.2) is 0 Å². The second kappa shape index (κ2) is 12.8. The topological polar surface area (TPSA) is 18.5 Å². The Morgan fingerprint density at radius 1 is 0.457 bits per heavy atom. The van der Waals surface area contributed by atoms with Gasteiger partial charge in [0.05, 0.1) is 10.9 Å². The van der Waals surface area contributed by atoms with Crippen LogP contribution in [0.1, 0.15) is 41.5 Å². The van der Waals surface area contributed by atoms with Crippen LogP contribution in [0.15, 0.2) is 93.5 Å². The molecule has 0 atom stereocenters. The summed E-state index contributed by atoms with van der Waals surface area (Å²) in [6.45, 7) is 13.7. The van der Waals surface area contributed by atoms with Crippen molar-refractivity contribution in [3.05, 3.63) is 78.9 Å². The highest BCUT2D eigenvalue weighted by atomic mass is 32.2. The SMILES string of the molecule is CC[Si](CC)(CC)Oc1ccc([S+](c2ccccc2)c2ccc(O[Si](CC)(CC)CC)cc2)cc1. The van der Waals surface area contributed by atoms with Crippen molar-refractivity contribution in [2.45, 2.75) is 92.5 Å². The first-order valence-electron chi connectivity index (χ1n) is 13.3. The number of rotatable bonds is 13. The molecule has 0 N–H and O–H groups in total. The summed E-state index contributed by atoms with van der Waals surface area (Å²) in [6.07, 6.45) is 0. The standard InChI is InChI=1S/C30H43O2SSi2/c1-7-34(8-2,9-3)31-26-18-22-29(23-19-26)33(28-16-14-13-15-17-28)30-24-20-27(21-25-30)32-35(10-4,11-5)12-6/h13-25H,7-12H2,1-6H3/q+1. The van der Waals surface area contributed by atoms with E-state index in [4.69, 9.17) is 8.85 Å². The average molecular weight is 524 g/mol. The van der Waals surface area contributed by atoms with Crippen LogP contribution in [0.3, 0.4) is 0 Å². The fourth-order valence-electron chi connectivity index (χ4n) is 4.69. The van der Waals surface area contributed by atoms with Crippen LogP contribution < -0.4 is 8.85 Å². The van der Waals surface area contributed by atoms with Crippen LogP contribution in [0, 0.1) is 0 Å². The zero-order valence-electron chi connectivity index (χ0n) is 22.5. The molecule has 3 aromatic rings. The van der Waals surface area contributed by atoms with Crippen LogP contribution in [0.2, 0.25) is 36.3 Å². The molecule has 0 amide bonds. The van der Waals surface area contributed by atoms with Crippen molar-refractivity contribution in [2.75, 3.05) is 0 Å². The highest BCUT2D eigenvalue weighted by Gasteiger charge is 2.33. The first-order chi connectivity index (χ1) is 17.0. The van der Waals surface area contributed by atoms with E-state index in [1.165, 1.54) is 14.7 Å². The molecule has 3 aromatic carbocycles. The molecule has 0 spiro atoms. The molecule has 0 fully saturated rings. The molecule has 0 aliphatic heterocycles. The fourth-order valence-corrected chi connectivity index (χ4v) is 11.9. The molecule has 35 heavy (non-hydrogen) atoms. The van der Waals surface area contributed by atoms with Gasteiger partial charge in [-0.15, -0.1) is 0 Å². The van der Waals surface area contributed by atoms with Crippen LogP contribution in [0.4, 0.5) is 0 Å². The summed E-state index contributed by atoms with van der Waals surface area (Å²) in [4.78, 5) is 3.95. The molecule has 5 heteroatoms. The second-order valence-corrected chi connectivity index (χ2v) is 20.7. The first kappa shape index (κ1) is 27.6. The third-order valence-electron chi connectivity index (χ3n) is 7.63. The Kier molecular flexibility index (Phi) is 10.1. The van der Waals surface area contributed by atoms with E-state index >= 15 is 0 Å². The highest BCUT2D eigenvalue weighted by molar-refractivity contribution is 7.97. The van der Waals surface area contributed by atoms with Gasteiger partial charge >= 0.3 is 0 Å². The van der Waals surface area contributed by atoms with Crippen molar-refractivity contribution in [3.8, 4) is 11.5 Å². The van der Waals surface area contributed by atoms with Crippen LogP contribution in [0.5, 0.6) is 11.5 Å². The molecule has 0 heterocycles. The fraction of sp³-hybridized carbons (Fsp3) is 0.400. The van der Waals surface area contributed by atoms with Crippen molar-refractivity contribution in [3.63, 3.8) is 0 Å². The smallest absolute Gasteiger partial charge is 0.250 e. The lowest BCUT2D eigenvalue weighted by Gasteiger charge is -2.29. The Morgan fingerprint density at radius 3 is 1.09 bits per heavy atom. The van der Waals surface area contributed by atoms with Crippen molar-refractivity contribution in [1.29, 1.82) is 0 Å². The minimum Gasteiger partial charge on any atom is -0.544 e. The Balaban J connectivity index is 1.91. The minimum atomic E-state index is -1.67. The molecule has 0 unspecified atom stereocenters. The van der Waals surface area contributed by atoms with Crippen LogP contribution >= 0.6 is 0 Å². The number of hydrogen-bond donors (Lipinski definition) is 0. The molecule has 188 valence electrons. The molecule has 0 aliphatic rings. The van der Waals surface area contributed by atoms with Gasteiger partial charge in [-0.1, -0.05) is 59.7 Å².